The van der Waals surface area contributed by atoms with E-state index in [2.05, 4.69) is 31.4 Å². The van der Waals surface area contributed by atoms with Crippen LogP contribution in [-0.2, 0) is 6.42 Å². The van der Waals surface area contributed by atoms with Crippen LogP contribution in [0.15, 0.2) is 54.6 Å². The molecule has 0 N–H and O–H groups in total. The first-order chi connectivity index (χ1) is 21.1. The number of nitrogens with zero attached hydrogens (tertiary/aromatic N) is 7. The summed E-state index contributed by atoms with van der Waals surface area (Å²) >= 11 is 0. The van der Waals surface area contributed by atoms with Gasteiger partial charge in [-0.25, -0.2) is 0 Å². The van der Waals surface area contributed by atoms with Gasteiger partial charge in [-0.1, -0.05) is 6.07 Å². The molecule has 0 bridgehead atoms. The van der Waals surface area contributed by atoms with Crippen molar-refractivity contribution >= 4 is 11.6 Å². The molecule has 0 saturated carbocycles. The summed E-state index contributed by atoms with van der Waals surface area (Å²) < 4.78 is 24.4. The number of methoxy groups -OCH3 is 2. The average molecular weight is 584 g/mol. The molecule has 12 heteroatoms. The van der Waals surface area contributed by atoms with Gasteiger partial charge >= 0.3 is 0 Å². The zero-order valence-corrected chi connectivity index (χ0v) is 24.4. The molecule has 7 rings (SSSR count). The van der Waals surface area contributed by atoms with Crippen LogP contribution in [0.4, 0.5) is 5.69 Å². The van der Waals surface area contributed by atoms with Crippen LogP contribution in [0, 0.1) is 0 Å². The molecule has 1 fully saturated rings. The summed E-state index contributed by atoms with van der Waals surface area (Å²) in [6.07, 6.45) is 0.835. The average Bonchev–Trinajstić information content (AvgIpc) is 3.74. The molecule has 43 heavy (non-hydrogen) atoms. The number of anilines is 1. The summed E-state index contributed by atoms with van der Waals surface area (Å²) in [7, 11) is 5.36. The number of ether oxygens (including phenoxy) is 4. The molecule has 0 radical (unpaired) electrons. The molecule has 1 unspecified atom stereocenters. The second kappa shape index (κ2) is 11.1. The largest absolute Gasteiger partial charge is 0.497 e. The fraction of sp³-hybridized carbons (Fsp3) is 0.355. The first kappa shape index (κ1) is 27.0. The highest BCUT2D eigenvalue weighted by molar-refractivity contribution is 5.94. The lowest BCUT2D eigenvalue weighted by atomic mass is 9.90. The lowest BCUT2D eigenvalue weighted by Gasteiger charge is -2.36. The number of likely N-dealkylation sites (N-methyl/N-ethyl adjacent to an activating group) is 1. The van der Waals surface area contributed by atoms with Crippen molar-refractivity contribution < 1.29 is 23.7 Å². The van der Waals surface area contributed by atoms with E-state index in [-0.39, 0.29) is 18.7 Å². The number of aromatic nitrogens is 4. The minimum atomic E-state index is -0.273. The standard InChI is InChI=1S/C31H33N7O5/c1-35-12-11-21-17-25-28(43-19-42-25)29(41-3)26(21)27(35)30-32-33-34-38(30)22-9-7-20(8-10-22)31(39)37-15-13-36(14-16-37)23-5-4-6-24(18-23)40-2/h4-10,17-18,27H,11-16,19H2,1-3H3. The Morgan fingerprint density at radius 2 is 1.74 bits per heavy atom. The number of carbonyl (C=O) groups excluding carboxylic acids is 1. The second-order valence-electron chi connectivity index (χ2n) is 10.8. The number of hydrogen-bond donors (Lipinski definition) is 0. The smallest absolute Gasteiger partial charge is 0.253 e. The highest BCUT2D eigenvalue weighted by Crippen LogP contribution is 2.50. The Labute approximate surface area is 249 Å². The molecule has 12 nitrogen and oxygen atoms in total. The molecule has 4 aromatic rings. The van der Waals surface area contributed by atoms with Crippen molar-refractivity contribution in [3.63, 3.8) is 0 Å². The molecule has 222 valence electrons. The van der Waals surface area contributed by atoms with Gasteiger partial charge < -0.3 is 28.7 Å². The summed E-state index contributed by atoms with van der Waals surface area (Å²) in [4.78, 5) is 19.8. The minimum Gasteiger partial charge on any atom is -0.497 e. The quantitative estimate of drug-likeness (QED) is 0.336. The first-order valence-electron chi connectivity index (χ1n) is 14.3. The maximum Gasteiger partial charge on any atom is 0.253 e. The zero-order valence-electron chi connectivity index (χ0n) is 24.4. The van der Waals surface area contributed by atoms with Gasteiger partial charge in [0, 0.05) is 55.6 Å². The molecule has 1 saturated heterocycles. The lowest BCUT2D eigenvalue weighted by molar-refractivity contribution is 0.0746. The maximum absolute atomic E-state index is 13.4. The molecule has 3 aliphatic rings. The SMILES string of the molecule is COc1cccc(N2CCN(C(=O)c3ccc(-n4nnnc4C4c5c(cc6c(c5OC)OCO6)CCN4C)cc3)CC2)c1. The van der Waals surface area contributed by atoms with E-state index in [0.29, 0.717) is 41.7 Å². The van der Waals surface area contributed by atoms with Crippen LogP contribution in [0.1, 0.15) is 33.4 Å². The molecule has 4 heterocycles. The van der Waals surface area contributed by atoms with Gasteiger partial charge in [0.15, 0.2) is 17.3 Å². The lowest BCUT2D eigenvalue weighted by Crippen LogP contribution is -2.48. The van der Waals surface area contributed by atoms with Crippen LogP contribution in [0.5, 0.6) is 23.0 Å². The summed E-state index contributed by atoms with van der Waals surface area (Å²) in [6, 6.07) is 17.2. The van der Waals surface area contributed by atoms with Gasteiger partial charge in [-0.2, -0.15) is 4.68 Å². The van der Waals surface area contributed by atoms with Gasteiger partial charge in [-0.3, -0.25) is 9.69 Å². The number of rotatable bonds is 6. The van der Waals surface area contributed by atoms with E-state index in [1.807, 2.05) is 60.5 Å². The number of tetrazole rings is 1. The third-order valence-corrected chi connectivity index (χ3v) is 8.48. The molecule has 3 aromatic carbocycles. The van der Waals surface area contributed by atoms with Crippen LogP contribution in [0.3, 0.4) is 0 Å². The number of hydrogen-bond acceptors (Lipinski definition) is 10. The Bertz CT molecular complexity index is 1650. The van der Waals surface area contributed by atoms with Gasteiger partial charge in [0.25, 0.3) is 5.91 Å². The van der Waals surface area contributed by atoms with E-state index in [1.54, 1.807) is 18.9 Å². The van der Waals surface area contributed by atoms with Gasteiger partial charge in [-0.15, -0.1) is 5.10 Å². The van der Waals surface area contributed by atoms with Gasteiger partial charge in [-0.05, 0) is 71.9 Å². The summed E-state index contributed by atoms with van der Waals surface area (Å²) in [5, 5.41) is 12.8. The zero-order chi connectivity index (χ0) is 29.5. The van der Waals surface area contributed by atoms with Crippen molar-refractivity contribution in [3.8, 4) is 28.7 Å². The molecular weight excluding hydrogens is 550 g/mol. The summed E-state index contributed by atoms with van der Waals surface area (Å²) in [6.45, 7) is 3.77. The van der Waals surface area contributed by atoms with E-state index < -0.39 is 0 Å². The van der Waals surface area contributed by atoms with Crippen molar-refractivity contribution in [1.82, 2.24) is 30.0 Å². The predicted molar refractivity (Wildman–Crippen MR) is 158 cm³/mol. The van der Waals surface area contributed by atoms with E-state index in [1.165, 1.54) is 0 Å². The molecule has 0 aliphatic carbocycles. The molecule has 1 aromatic heterocycles. The topological polar surface area (TPSA) is 107 Å². The second-order valence-corrected chi connectivity index (χ2v) is 10.8. The molecule has 1 atom stereocenters. The highest BCUT2D eigenvalue weighted by atomic mass is 16.7. The van der Waals surface area contributed by atoms with Crippen LogP contribution < -0.4 is 23.8 Å². The Morgan fingerprint density at radius 3 is 2.51 bits per heavy atom. The number of amides is 1. The van der Waals surface area contributed by atoms with Crippen molar-refractivity contribution in [2.45, 2.75) is 12.5 Å². The van der Waals surface area contributed by atoms with Crippen molar-refractivity contribution in [2.75, 3.05) is 65.7 Å². The Balaban J connectivity index is 1.11. The monoisotopic (exact) mass is 583 g/mol. The van der Waals surface area contributed by atoms with E-state index >= 15 is 0 Å². The fourth-order valence-electron chi connectivity index (χ4n) is 6.21. The molecular formula is C31H33N7O5. The third-order valence-electron chi connectivity index (χ3n) is 8.48. The van der Waals surface area contributed by atoms with Crippen molar-refractivity contribution in [3.05, 3.63) is 77.1 Å². The summed E-state index contributed by atoms with van der Waals surface area (Å²) in [5.41, 5.74) is 4.58. The fourth-order valence-corrected chi connectivity index (χ4v) is 6.21. The molecule has 1 amide bonds. The molecule has 3 aliphatic heterocycles. The Kier molecular flexibility index (Phi) is 6.98. The maximum atomic E-state index is 13.4. The predicted octanol–water partition coefficient (Wildman–Crippen LogP) is 2.95. The van der Waals surface area contributed by atoms with Gasteiger partial charge in [0.1, 0.15) is 11.8 Å². The van der Waals surface area contributed by atoms with Crippen molar-refractivity contribution in [2.24, 2.45) is 0 Å². The molecule has 0 spiro atoms. The number of fused-ring (bicyclic) bond motifs is 2. The van der Waals surface area contributed by atoms with Crippen LogP contribution >= 0.6 is 0 Å². The normalized spacial score (nSPS) is 18.0. The van der Waals surface area contributed by atoms with Crippen LogP contribution in [0.2, 0.25) is 0 Å². The third kappa shape index (κ3) is 4.77. The van der Waals surface area contributed by atoms with Crippen molar-refractivity contribution in [1.29, 1.82) is 0 Å². The van der Waals surface area contributed by atoms with Crippen LogP contribution in [0.25, 0.3) is 5.69 Å². The highest BCUT2D eigenvalue weighted by Gasteiger charge is 2.38. The van der Waals surface area contributed by atoms with E-state index in [0.717, 1.165) is 54.3 Å². The van der Waals surface area contributed by atoms with Crippen LogP contribution in [-0.4, -0.2) is 96.7 Å². The van der Waals surface area contributed by atoms with Gasteiger partial charge in [0.05, 0.1) is 19.9 Å². The number of benzene rings is 3. The van der Waals surface area contributed by atoms with E-state index in [9.17, 15) is 4.79 Å². The minimum absolute atomic E-state index is 0.00975. The summed E-state index contributed by atoms with van der Waals surface area (Å²) in [5.74, 6) is 3.42. The number of piperazine rings is 1. The Hall–Kier alpha value is -4.84. The first-order valence-corrected chi connectivity index (χ1v) is 14.3. The van der Waals surface area contributed by atoms with Gasteiger partial charge in [0.2, 0.25) is 12.5 Å². The Morgan fingerprint density at radius 1 is 0.930 bits per heavy atom. The number of carbonyl (C=O) groups is 1. The van der Waals surface area contributed by atoms with E-state index in [4.69, 9.17) is 18.9 Å².